The number of carbonyl (C=O) groups is 1. The van der Waals surface area contributed by atoms with Gasteiger partial charge in [0, 0.05) is 74.5 Å². The van der Waals surface area contributed by atoms with Gasteiger partial charge in [-0.1, -0.05) is 49.1 Å². The van der Waals surface area contributed by atoms with E-state index in [1.807, 2.05) is 87.5 Å². The van der Waals surface area contributed by atoms with Crippen LogP contribution in [0.15, 0.2) is 100 Å². The molecule has 8 heterocycles. The van der Waals surface area contributed by atoms with Crippen LogP contribution in [0.2, 0.25) is 0 Å². The number of nitrogen functional groups attached to an aromatic ring is 2. The Kier molecular flexibility index (Phi) is 27.7. The summed E-state index contributed by atoms with van der Waals surface area (Å²) in [6, 6.07) is 30.4. The van der Waals surface area contributed by atoms with Crippen molar-refractivity contribution in [2.45, 2.75) is 90.5 Å². The van der Waals surface area contributed by atoms with E-state index in [9.17, 15) is 4.79 Å². The van der Waals surface area contributed by atoms with Gasteiger partial charge in [-0.3, -0.25) is 34.7 Å². The molecule has 3 aliphatic rings. The number of aldehydes is 1. The van der Waals surface area contributed by atoms with Crippen molar-refractivity contribution in [3.8, 4) is 0 Å². The number of aryl methyl sites for hydroxylation is 3. The van der Waals surface area contributed by atoms with Crippen LogP contribution in [0.1, 0.15) is 77.5 Å². The highest BCUT2D eigenvalue weighted by atomic mass is 79.9. The van der Waals surface area contributed by atoms with Gasteiger partial charge in [0.05, 0.1) is 11.4 Å². The molecule has 3 fully saturated rings. The second-order valence-electron chi connectivity index (χ2n) is 15.7. The number of carbonyl (C=O) groups excluding carboxylic acids is 1. The average molecular weight is 1040 g/mol. The van der Waals surface area contributed by atoms with Crippen LogP contribution in [0.25, 0.3) is 0 Å². The lowest BCUT2D eigenvalue weighted by Gasteiger charge is -2.31. The van der Waals surface area contributed by atoms with E-state index in [-0.39, 0.29) is 0 Å². The lowest BCUT2D eigenvalue weighted by Crippen LogP contribution is -2.39. The van der Waals surface area contributed by atoms with Crippen molar-refractivity contribution in [2.75, 3.05) is 50.7 Å². The molecule has 0 radical (unpaired) electrons. The first-order chi connectivity index (χ1) is 30.8. The van der Waals surface area contributed by atoms with Crippen LogP contribution >= 0.6 is 50.6 Å². The van der Waals surface area contributed by atoms with Crippen molar-refractivity contribution in [1.82, 2.24) is 50.2 Å². The van der Waals surface area contributed by atoms with Gasteiger partial charge in [-0.2, -0.15) is 0 Å². The number of rotatable bonds is 7. The molecule has 0 aromatic carbocycles. The van der Waals surface area contributed by atoms with Gasteiger partial charge < -0.3 is 22.5 Å². The quantitative estimate of drug-likeness (QED) is 0.0542. The predicted molar refractivity (Wildman–Crippen MR) is 277 cm³/mol. The third-order valence-electron chi connectivity index (χ3n) is 10.2. The molecule has 9 N–H and O–H groups in total. The van der Waals surface area contributed by atoms with Crippen molar-refractivity contribution in [3.05, 3.63) is 134 Å². The molecular weight excluding hydrogens is 972 g/mol. The van der Waals surface area contributed by atoms with Crippen molar-refractivity contribution < 1.29 is 4.79 Å². The number of hydrogen-bond donors (Lipinski definition) is 6. The van der Waals surface area contributed by atoms with Crippen LogP contribution < -0.4 is 32.7 Å². The lowest BCUT2D eigenvalue weighted by molar-refractivity contribution is 0.111. The molecule has 18 heteroatoms. The molecule has 348 valence electrons. The minimum Gasteiger partial charge on any atom is -0.384 e. The van der Waals surface area contributed by atoms with Crippen LogP contribution in [0, 0.1) is 20.8 Å². The smallest absolute Gasteiger partial charge is 0.168 e. The maximum atomic E-state index is 10.1. The third kappa shape index (κ3) is 24.8. The standard InChI is InChI=1S/C12H20N3P.C11H18N4.C7H7NO.C6H6BrN.C5H5BrN2.C5H13N2P/c1-10-3-2-4-12(13-10)9-15-7-5-11(14-16)6-8-15;12-9-4-6-15(7-5-9)8-10-2-1-3-11(13)14-10;1-6-3-2-4-7(5-9)8-6;1-5-3-2-4-6(7)8-5;6-4-2-1-3-5(7)8-4;8-7-5-1-3-6-4-2-5/h2-4,11,14H,5-9,16H2,1H3;1-3,9H,4-8,12H2,(H2,13,14);2-5H,1H3;2-4H,1H3;1-3H,(H2,7,8);5-7H,1-4,8H2. The molecule has 64 heavy (non-hydrogen) atoms. The van der Waals surface area contributed by atoms with Gasteiger partial charge in [0.2, 0.25) is 0 Å². The number of hydrogen-bond acceptors (Lipinski definition) is 14. The van der Waals surface area contributed by atoms with E-state index < -0.39 is 0 Å². The first-order valence-electron chi connectivity index (χ1n) is 21.7. The lowest BCUT2D eigenvalue weighted by atomic mass is 10.1. The molecule has 5 aromatic heterocycles. The Labute approximate surface area is 402 Å². The summed E-state index contributed by atoms with van der Waals surface area (Å²) in [6.07, 6.45) is 7.91. The Bertz CT molecular complexity index is 1960. The highest BCUT2D eigenvalue weighted by molar-refractivity contribution is 9.10. The Morgan fingerprint density at radius 3 is 1.45 bits per heavy atom. The molecule has 3 saturated heterocycles. The van der Waals surface area contributed by atoms with Crippen molar-refractivity contribution in [2.24, 2.45) is 5.73 Å². The van der Waals surface area contributed by atoms with E-state index in [4.69, 9.17) is 17.2 Å². The Morgan fingerprint density at radius 2 is 1.05 bits per heavy atom. The van der Waals surface area contributed by atoms with Gasteiger partial charge in [-0.25, -0.2) is 15.0 Å². The largest absolute Gasteiger partial charge is 0.384 e. The molecule has 0 spiro atoms. The van der Waals surface area contributed by atoms with Gasteiger partial charge in [-0.05, 0) is 165 Å². The maximum absolute atomic E-state index is 10.1. The number of piperidine rings is 3. The molecule has 2 atom stereocenters. The number of nitrogens with zero attached hydrogens (tertiary/aromatic N) is 7. The highest BCUT2D eigenvalue weighted by Gasteiger charge is 2.18. The van der Waals surface area contributed by atoms with E-state index in [1.54, 1.807) is 12.1 Å². The fourth-order valence-corrected chi connectivity index (χ4v) is 8.11. The minimum atomic E-state index is 0.384. The molecule has 0 aliphatic carbocycles. The Balaban J connectivity index is 0.000000210. The Morgan fingerprint density at radius 1 is 0.609 bits per heavy atom. The number of anilines is 2. The molecule has 8 rings (SSSR count). The van der Waals surface area contributed by atoms with E-state index in [2.05, 4.69) is 113 Å². The van der Waals surface area contributed by atoms with Gasteiger partial charge >= 0.3 is 0 Å². The molecular formula is C46H69Br2N13OP2. The normalized spacial score (nSPS) is 15.8. The van der Waals surface area contributed by atoms with Crippen molar-refractivity contribution in [3.63, 3.8) is 0 Å². The van der Waals surface area contributed by atoms with Crippen LogP contribution in [-0.2, 0) is 13.1 Å². The summed E-state index contributed by atoms with van der Waals surface area (Å²) >= 11 is 6.42. The second kappa shape index (κ2) is 32.3. The summed E-state index contributed by atoms with van der Waals surface area (Å²) in [4.78, 5) is 35.7. The zero-order valence-electron chi connectivity index (χ0n) is 37.6. The van der Waals surface area contributed by atoms with E-state index in [0.29, 0.717) is 29.4 Å². The molecule has 2 unspecified atom stereocenters. The van der Waals surface area contributed by atoms with E-state index >= 15 is 0 Å². The highest BCUT2D eigenvalue weighted by Crippen LogP contribution is 2.15. The zero-order chi connectivity index (χ0) is 46.5. The fraction of sp³-hybridized carbons (Fsp3) is 0.435. The van der Waals surface area contributed by atoms with Gasteiger partial charge in [0.1, 0.15) is 26.5 Å². The number of aromatic nitrogens is 5. The fourth-order valence-electron chi connectivity index (χ4n) is 6.65. The van der Waals surface area contributed by atoms with Gasteiger partial charge in [0.25, 0.3) is 0 Å². The number of likely N-dealkylation sites (tertiary alicyclic amines) is 2. The monoisotopic (exact) mass is 1040 g/mol. The summed E-state index contributed by atoms with van der Waals surface area (Å²) in [5.41, 5.74) is 22.6. The summed E-state index contributed by atoms with van der Waals surface area (Å²) < 4.78 is 1.68. The number of nitrogens with two attached hydrogens (primary N) is 3. The molecule has 14 nitrogen and oxygen atoms in total. The zero-order valence-corrected chi connectivity index (χ0v) is 43.0. The van der Waals surface area contributed by atoms with Crippen molar-refractivity contribution >= 4 is 68.6 Å². The first kappa shape index (κ1) is 54.9. The SMILES string of the molecule is Cc1cccc(Br)n1.Cc1cccc(C=O)n1.Cc1cccc(CN2CCC(NP)CC2)n1.Nc1cccc(Br)n1.Nc1cccc(CN2CCC(N)CC2)n1.PNC1CCNCC1. The Hall–Kier alpha value is -3.40. The number of pyridine rings is 5. The summed E-state index contributed by atoms with van der Waals surface area (Å²) in [5, 5.41) is 9.75. The van der Waals surface area contributed by atoms with Gasteiger partial charge in [-0.15, -0.1) is 0 Å². The van der Waals surface area contributed by atoms with Crippen LogP contribution in [0.4, 0.5) is 11.6 Å². The van der Waals surface area contributed by atoms with E-state index in [1.165, 1.54) is 57.6 Å². The maximum Gasteiger partial charge on any atom is 0.168 e. The predicted octanol–water partition coefficient (Wildman–Crippen LogP) is 7.22. The molecule has 3 aliphatic heterocycles. The topological polar surface area (TPSA) is 202 Å². The van der Waals surface area contributed by atoms with E-state index in [0.717, 1.165) is 83.3 Å². The number of halogens is 2. The molecule has 0 amide bonds. The minimum absolute atomic E-state index is 0.384. The average Bonchev–Trinajstić information content (AvgIpc) is 3.29. The number of nitrogens with one attached hydrogen (secondary N) is 3. The molecule has 5 aromatic rings. The first-order valence-corrected chi connectivity index (χ1v) is 24.4. The second-order valence-corrected chi connectivity index (χ2v) is 17.9. The summed E-state index contributed by atoms with van der Waals surface area (Å²) in [6.45, 7) is 14.6. The third-order valence-corrected chi connectivity index (χ3v) is 12.0. The summed E-state index contributed by atoms with van der Waals surface area (Å²) in [5.74, 6) is 1.14. The van der Waals surface area contributed by atoms with Gasteiger partial charge in [0.15, 0.2) is 6.29 Å². The van der Waals surface area contributed by atoms with Crippen LogP contribution in [0.3, 0.4) is 0 Å². The van der Waals surface area contributed by atoms with Crippen molar-refractivity contribution in [1.29, 1.82) is 0 Å². The van der Waals surface area contributed by atoms with Crippen LogP contribution in [-0.4, -0.2) is 98.4 Å². The summed E-state index contributed by atoms with van der Waals surface area (Å²) in [7, 11) is 5.19. The van der Waals surface area contributed by atoms with Crippen LogP contribution in [0.5, 0.6) is 0 Å². The molecule has 0 saturated carbocycles. The molecule has 0 bridgehead atoms.